The van der Waals surface area contributed by atoms with E-state index in [0.717, 1.165) is 5.56 Å². The highest BCUT2D eigenvalue weighted by atomic mass is 16.5. The summed E-state index contributed by atoms with van der Waals surface area (Å²) < 4.78 is 6.52. The molecule has 47 heavy (non-hydrogen) atoms. The Hall–Kier alpha value is -5.26. The lowest BCUT2D eigenvalue weighted by atomic mass is 9.99. The molecule has 2 heterocycles. The number of ether oxygens (including phenoxy) is 1. The van der Waals surface area contributed by atoms with Gasteiger partial charge in [-0.1, -0.05) is 31.2 Å². The molecular formula is C36H40N6O5. The molecule has 0 aliphatic carbocycles. The first kappa shape index (κ1) is 33.1. The molecule has 3 amide bonds. The number of anilines is 3. The minimum atomic E-state index is -0.418. The number of aromatic nitrogens is 1. The smallest absolute Gasteiger partial charge is 0.258 e. The molecule has 0 fully saturated rings. The summed E-state index contributed by atoms with van der Waals surface area (Å²) in [5.41, 5.74) is 9.76. The van der Waals surface area contributed by atoms with E-state index >= 15 is 0 Å². The Balaban J connectivity index is 1.30. The van der Waals surface area contributed by atoms with Gasteiger partial charge in [0.1, 0.15) is 11.9 Å². The number of carbonyl (C=O) groups excluding carboxylic acids is 3. The molecule has 11 nitrogen and oxygen atoms in total. The molecule has 5 N–H and O–H groups in total. The second kappa shape index (κ2) is 14.9. The molecule has 0 saturated heterocycles. The van der Waals surface area contributed by atoms with Gasteiger partial charge in [-0.15, -0.1) is 0 Å². The fourth-order valence-corrected chi connectivity index (χ4v) is 5.48. The summed E-state index contributed by atoms with van der Waals surface area (Å²) in [6.07, 6.45) is 2.78. The Morgan fingerprint density at radius 3 is 2.40 bits per heavy atom. The fourth-order valence-electron chi connectivity index (χ4n) is 5.48. The van der Waals surface area contributed by atoms with Gasteiger partial charge in [0.2, 0.25) is 0 Å². The van der Waals surface area contributed by atoms with Gasteiger partial charge in [-0.05, 0) is 74.1 Å². The number of aliphatic hydroxyl groups excluding tert-OH is 1. The molecule has 1 aromatic heterocycles. The molecule has 244 valence electrons. The van der Waals surface area contributed by atoms with Crippen molar-refractivity contribution in [2.24, 2.45) is 5.92 Å². The first-order valence-corrected chi connectivity index (χ1v) is 15.5. The highest BCUT2D eigenvalue weighted by Crippen LogP contribution is 2.31. The van der Waals surface area contributed by atoms with Crippen molar-refractivity contribution in [1.29, 1.82) is 0 Å². The van der Waals surface area contributed by atoms with Crippen LogP contribution >= 0.6 is 0 Å². The molecule has 0 spiro atoms. The van der Waals surface area contributed by atoms with Gasteiger partial charge in [-0.2, -0.15) is 0 Å². The largest absolute Gasteiger partial charge is 0.488 e. The van der Waals surface area contributed by atoms with Gasteiger partial charge >= 0.3 is 0 Å². The van der Waals surface area contributed by atoms with Gasteiger partial charge in [0.25, 0.3) is 17.7 Å². The van der Waals surface area contributed by atoms with E-state index in [1.54, 1.807) is 59.5 Å². The zero-order valence-electron chi connectivity index (χ0n) is 26.7. The summed E-state index contributed by atoms with van der Waals surface area (Å²) in [5, 5.41) is 15.7. The van der Waals surface area contributed by atoms with E-state index in [0.29, 0.717) is 59.1 Å². The van der Waals surface area contributed by atoms with Crippen molar-refractivity contribution >= 4 is 34.8 Å². The number of benzene rings is 3. The van der Waals surface area contributed by atoms with Crippen molar-refractivity contribution in [2.45, 2.75) is 32.5 Å². The maximum Gasteiger partial charge on any atom is 0.258 e. The molecular weight excluding hydrogens is 596 g/mol. The highest BCUT2D eigenvalue weighted by molar-refractivity contribution is 6.06. The molecule has 11 heteroatoms. The van der Waals surface area contributed by atoms with Crippen molar-refractivity contribution in [3.8, 4) is 5.75 Å². The molecule has 1 aliphatic rings. The molecule has 0 unspecified atom stereocenters. The maximum absolute atomic E-state index is 13.8. The number of fused-ring (bicyclic) bond motifs is 1. The number of hydrogen-bond acceptors (Lipinski definition) is 8. The van der Waals surface area contributed by atoms with Crippen LogP contribution in [0.1, 0.15) is 50.5 Å². The highest BCUT2D eigenvalue weighted by Gasteiger charge is 2.33. The molecule has 0 radical (unpaired) electrons. The average molecular weight is 637 g/mol. The number of pyridine rings is 1. The summed E-state index contributed by atoms with van der Waals surface area (Å²) in [5.74, 6) is -0.499. The van der Waals surface area contributed by atoms with Gasteiger partial charge in [0.15, 0.2) is 0 Å². The quantitative estimate of drug-likeness (QED) is 0.186. The molecule has 3 atom stereocenters. The summed E-state index contributed by atoms with van der Waals surface area (Å²) in [7, 11) is 1.99. The molecule has 0 bridgehead atoms. The predicted molar refractivity (Wildman–Crippen MR) is 181 cm³/mol. The summed E-state index contributed by atoms with van der Waals surface area (Å²) in [4.78, 5) is 47.1. The second-order valence-corrected chi connectivity index (χ2v) is 12.0. The lowest BCUT2D eigenvalue weighted by Crippen LogP contribution is -2.49. The van der Waals surface area contributed by atoms with Crippen LogP contribution in [-0.2, 0) is 6.54 Å². The van der Waals surface area contributed by atoms with Crippen molar-refractivity contribution in [3.05, 3.63) is 114 Å². The fraction of sp³-hybridized carbons (Fsp3) is 0.278. The van der Waals surface area contributed by atoms with Gasteiger partial charge in [0, 0.05) is 54.8 Å². The van der Waals surface area contributed by atoms with E-state index in [4.69, 9.17) is 10.5 Å². The van der Waals surface area contributed by atoms with E-state index in [-0.39, 0.29) is 36.4 Å². The van der Waals surface area contributed by atoms with Crippen LogP contribution in [0.25, 0.3) is 0 Å². The van der Waals surface area contributed by atoms with Crippen LogP contribution in [0.2, 0.25) is 0 Å². The van der Waals surface area contributed by atoms with Crippen LogP contribution in [0.4, 0.5) is 17.1 Å². The number of para-hydroxylation sites is 2. The number of likely N-dealkylation sites (N-methyl/N-ethyl adjacent to an activating group) is 1. The van der Waals surface area contributed by atoms with Gasteiger partial charge in [-0.25, -0.2) is 0 Å². The SMILES string of the molecule is C[C@@H]1CN([C@H](C)CO)C(=O)c2cc(NC(=O)c3ccncc3)ccc2O[C@@H]1CN(C)Cc1ccc(C(=O)Nc2ccccc2N)cc1. The third-order valence-electron chi connectivity index (χ3n) is 8.23. The molecule has 1 aliphatic heterocycles. The van der Waals surface area contributed by atoms with E-state index in [1.165, 1.54) is 12.4 Å². The lowest BCUT2D eigenvalue weighted by Gasteiger charge is -2.38. The number of aliphatic hydroxyl groups is 1. The standard InChI is InChI=1S/C36H40N6O5/c1-23-19-42(24(2)22-43)36(46)29-18-28(39-34(44)27-14-16-38-17-15-27)12-13-32(29)47-33(23)21-41(3)20-25-8-10-26(11-9-25)35(45)40-31-7-5-4-6-30(31)37/h4-18,23-24,33,43H,19-22,37H2,1-3H3,(H,39,44)(H,40,45)/t23-,24-,33-/m1/s1. The average Bonchev–Trinajstić information content (AvgIpc) is 3.08. The van der Waals surface area contributed by atoms with Crippen LogP contribution in [0.5, 0.6) is 5.75 Å². The zero-order valence-corrected chi connectivity index (χ0v) is 26.7. The Bertz CT molecular complexity index is 1710. The monoisotopic (exact) mass is 636 g/mol. The minimum absolute atomic E-state index is 0.0638. The maximum atomic E-state index is 13.8. The second-order valence-electron chi connectivity index (χ2n) is 12.0. The van der Waals surface area contributed by atoms with Crippen molar-refractivity contribution in [3.63, 3.8) is 0 Å². The normalized spacial score (nSPS) is 16.8. The number of carbonyl (C=O) groups is 3. The number of nitrogens with one attached hydrogen (secondary N) is 2. The predicted octanol–water partition coefficient (Wildman–Crippen LogP) is 4.52. The molecule has 3 aromatic carbocycles. The lowest BCUT2D eigenvalue weighted by molar-refractivity contribution is 0.0341. The summed E-state index contributed by atoms with van der Waals surface area (Å²) in [6, 6.07) is 22.4. The molecule has 4 aromatic rings. The molecule has 0 saturated carbocycles. The number of amides is 3. The number of rotatable bonds is 10. The van der Waals surface area contributed by atoms with Crippen LogP contribution in [-0.4, -0.2) is 76.5 Å². The third kappa shape index (κ3) is 8.13. The topological polar surface area (TPSA) is 150 Å². The van der Waals surface area contributed by atoms with Crippen LogP contribution < -0.4 is 21.1 Å². The summed E-state index contributed by atoms with van der Waals surface area (Å²) in [6.45, 7) is 5.17. The number of nitrogens with zero attached hydrogens (tertiary/aromatic N) is 3. The van der Waals surface area contributed by atoms with E-state index in [1.807, 2.05) is 45.2 Å². The zero-order chi connectivity index (χ0) is 33.5. The van der Waals surface area contributed by atoms with E-state index < -0.39 is 6.04 Å². The minimum Gasteiger partial charge on any atom is -0.488 e. The third-order valence-corrected chi connectivity index (χ3v) is 8.23. The van der Waals surface area contributed by atoms with Crippen molar-refractivity contribution in [1.82, 2.24) is 14.8 Å². The Kier molecular flexibility index (Phi) is 10.5. The van der Waals surface area contributed by atoms with Crippen molar-refractivity contribution < 1.29 is 24.2 Å². The van der Waals surface area contributed by atoms with Crippen LogP contribution in [0.15, 0.2) is 91.3 Å². The van der Waals surface area contributed by atoms with Crippen molar-refractivity contribution in [2.75, 3.05) is 43.1 Å². The van der Waals surface area contributed by atoms with Gasteiger partial charge in [-0.3, -0.25) is 24.3 Å². The summed E-state index contributed by atoms with van der Waals surface area (Å²) >= 11 is 0. The van der Waals surface area contributed by atoms with E-state index in [2.05, 4.69) is 20.5 Å². The first-order valence-electron chi connectivity index (χ1n) is 15.5. The van der Waals surface area contributed by atoms with Gasteiger partial charge < -0.3 is 31.1 Å². The Morgan fingerprint density at radius 1 is 1.02 bits per heavy atom. The van der Waals surface area contributed by atoms with E-state index in [9.17, 15) is 19.5 Å². The Morgan fingerprint density at radius 2 is 1.70 bits per heavy atom. The number of hydrogen-bond donors (Lipinski definition) is 4. The van der Waals surface area contributed by atoms with Crippen LogP contribution in [0, 0.1) is 5.92 Å². The number of nitrogens with two attached hydrogens (primary N) is 1. The Labute approximate surface area is 274 Å². The van der Waals surface area contributed by atoms with Crippen LogP contribution in [0.3, 0.4) is 0 Å². The van der Waals surface area contributed by atoms with Gasteiger partial charge in [0.05, 0.1) is 29.6 Å². The molecule has 5 rings (SSSR count). The number of nitrogen functional groups attached to an aromatic ring is 1. The first-order chi connectivity index (χ1) is 22.6.